The third-order valence-electron chi connectivity index (χ3n) is 5.57. The molecule has 4 rings (SSSR count). The highest BCUT2D eigenvalue weighted by atomic mass is 19.1. The molecule has 1 N–H and O–H groups in total. The van der Waals surface area contributed by atoms with Crippen LogP contribution in [-0.2, 0) is 17.8 Å². The molecule has 0 radical (unpaired) electrons. The lowest BCUT2D eigenvalue weighted by Crippen LogP contribution is -2.34. The van der Waals surface area contributed by atoms with Crippen LogP contribution in [0.1, 0.15) is 40.5 Å². The van der Waals surface area contributed by atoms with Crippen molar-refractivity contribution in [3.63, 3.8) is 0 Å². The van der Waals surface area contributed by atoms with Crippen molar-refractivity contribution in [1.29, 1.82) is 0 Å². The summed E-state index contributed by atoms with van der Waals surface area (Å²) in [6, 6.07) is 10.2. The fraction of sp³-hybridized carbons (Fsp3) is 0.320. The first kappa shape index (κ1) is 21.7. The molecule has 1 atom stereocenters. The Morgan fingerprint density at radius 2 is 2.00 bits per heavy atom. The van der Waals surface area contributed by atoms with E-state index in [0.29, 0.717) is 48.4 Å². The monoisotopic (exact) mass is 435 g/mol. The summed E-state index contributed by atoms with van der Waals surface area (Å²) in [5.41, 5.74) is 4.29. The zero-order chi connectivity index (χ0) is 22.8. The Labute approximate surface area is 186 Å². The molecule has 0 unspecified atom stereocenters. The quantitative estimate of drug-likeness (QED) is 0.569. The lowest BCUT2D eigenvalue weighted by atomic mass is 9.95. The number of carbonyl (C=O) groups excluding carboxylic acids is 2. The highest BCUT2D eigenvalue weighted by molar-refractivity contribution is 5.95. The minimum atomic E-state index is -0.406. The zero-order valence-electron chi connectivity index (χ0n) is 18.4. The average molecular weight is 435 g/mol. The Hall–Kier alpha value is -3.48. The molecule has 0 bridgehead atoms. The maximum Gasteiger partial charge on any atom is 0.221 e. The van der Waals surface area contributed by atoms with E-state index in [4.69, 9.17) is 4.74 Å². The van der Waals surface area contributed by atoms with Crippen LogP contribution >= 0.6 is 0 Å². The van der Waals surface area contributed by atoms with Crippen molar-refractivity contribution < 1.29 is 18.7 Å². The van der Waals surface area contributed by atoms with Crippen LogP contribution < -0.4 is 10.1 Å². The van der Waals surface area contributed by atoms with Gasteiger partial charge in [-0.3, -0.25) is 14.3 Å². The average Bonchev–Trinajstić information content (AvgIpc) is 3.35. The number of hydrogen-bond acceptors (Lipinski definition) is 4. The number of fused-ring (bicyclic) bond motifs is 1. The number of ether oxygens (including phenoxy) is 1. The number of carbonyl (C=O) groups is 2. The molecule has 0 saturated carbocycles. The summed E-state index contributed by atoms with van der Waals surface area (Å²) < 4.78 is 22.5. The minimum absolute atomic E-state index is 0.0747. The van der Waals surface area contributed by atoms with E-state index >= 15 is 0 Å². The maximum atomic E-state index is 14.7. The summed E-state index contributed by atoms with van der Waals surface area (Å²) >= 11 is 0. The number of halogens is 1. The van der Waals surface area contributed by atoms with Crippen LogP contribution in [0.2, 0.25) is 0 Å². The predicted octanol–water partition coefficient (Wildman–Crippen LogP) is 4.02. The molecule has 1 aliphatic heterocycles. The first-order valence-corrected chi connectivity index (χ1v) is 10.7. The van der Waals surface area contributed by atoms with Crippen molar-refractivity contribution >= 4 is 11.7 Å². The Kier molecular flexibility index (Phi) is 6.08. The maximum absolute atomic E-state index is 14.7. The Balaban J connectivity index is 1.45. The number of benzene rings is 2. The van der Waals surface area contributed by atoms with Gasteiger partial charge in [0.2, 0.25) is 5.91 Å². The third-order valence-corrected chi connectivity index (χ3v) is 5.57. The molecule has 32 heavy (non-hydrogen) atoms. The molecule has 0 fully saturated rings. The van der Waals surface area contributed by atoms with E-state index in [1.807, 2.05) is 38.2 Å². The fourth-order valence-electron chi connectivity index (χ4n) is 3.98. The molecule has 1 aliphatic rings. The minimum Gasteiger partial charge on any atom is -0.487 e. The van der Waals surface area contributed by atoms with Crippen LogP contribution in [0.4, 0.5) is 4.39 Å². The van der Waals surface area contributed by atoms with Crippen molar-refractivity contribution in [3.8, 4) is 16.9 Å². The topological polar surface area (TPSA) is 73.2 Å². The van der Waals surface area contributed by atoms with Crippen molar-refractivity contribution in [1.82, 2.24) is 15.1 Å². The first-order valence-electron chi connectivity index (χ1n) is 10.7. The fourth-order valence-corrected chi connectivity index (χ4v) is 3.98. The van der Waals surface area contributed by atoms with E-state index < -0.39 is 5.82 Å². The molecule has 3 aromatic rings. The van der Waals surface area contributed by atoms with Gasteiger partial charge in [0.25, 0.3) is 0 Å². The Morgan fingerprint density at radius 1 is 1.19 bits per heavy atom. The third kappa shape index (κ3) is 4.72. The van der Waals surface area contributed by atoms with Crippen molar-refractivity contribution in [2.24, 2.45) is 0 Å². The van der Waals surface area contributed by atoms with E-state index in [2.05, 4.69) is 10.4 Å². The van der Waals surface area contributed by atoms with Gasteiger partial charge in [-0.05, 0) is 62.2 Å². The smallest absolute Gasteiger partial charge is 0.221 e. The number of amides is 1. The lowest BCUT2D eigenvalue weighted by Gasteiger charge is -2.15. The van der Waals surface area contributed by atoms with Gasteiger partial charge >= 0.3 is 0 Å². The summed E-state index contributed by atoms with van der Waals surface area (Å²) in [5.74, 6) is 0.00937. The van der Waals surface area contributed by atoms with Gasteiger partial charge in [-0.1, -0.05) is 6.07 Å². The highest BCUT2D eigenvalue weighted by Crippen LogP contribution is 2.41. The van der Waals surface area contributed by atoms with E-state index in [1.165, 1.54) is 19.1 Å². The molecule has 1 amide bonds. The highest BCUT2D eigenvalue weighted by Gasteiger charge is 2.28. The molecule has 2 heterocycles. The zero-order valence-corrected chi connectivity index (χ0v) is 18.4. The molecule has 166 valence electrons. The van der Waals surface area contributed by atoms with E-state index in [-0.39, 0.29) is 17.8 Å². The summed E-state index contributed by atoms with van der Waals surface area (Å²) in [7, 11) is 0. The number of hydrogen-bond donors (Lipinski definition) is 1. The Bertz CT molecular complexity index is 1190. The van der Waals surface area contributed by atoms with Crippen LogP contribution in [0.25, 0.3) is 11.1 Å². The first-order chi connectivity index (χ1) is 15.3. The number of aryl methyl sites for hydroxylation is 3. The second-order valence-electron chi connectivity index (χ2n) is 8.27. The van der Waals surface area contributed by atoms with Crippen LogP contribution in [0.15, 0.2) is 42.6 Å². The molecule has 0 spiro atoms. The lowest BCUT2D eigenvalue weighted by molar-refractivity contribution is -0.121. The molecular formula is C25H26FN3O3. The molecule has 6 nitrogen and oxygen atoms in total. The number of Topliss-reactive ketones (excluding diaryl/α,β-unsaturated/α-hetero) is 1. The summed E-state index contributed by atoms with van der Waals surface area (Å²) in [6.07, 6.45) is 2.56. The van der Waals surface area contributed by atoms with Gasteiger partial charge in [-0.2, -0.15) is 5.10 Å². The van der Waals surface area contributed by atoms with Crippen LogP contribution in [0.3, 0.4) is 0 Å². The summed E-state index contributed by atoms with van der Waals surface area (Å²) in [6.45, 7) is 6.19. The van der Waals surface area contributed by atoms with E-state index in [0.717, 1.165) is 16.8 Å². The van der Waals surface area contributed by atoms with Gasteiger partial charge in [0.15, 0.2) is 5.78 Å². The van der Waals surface area contributed by atoms with Gasteiger partial charge in [0.05, 0.1) is 12.2 Å². The summed E-state index contributed by atoms with van der Waals surface area (Å²) in [5, 5.41) is 7.20. The normalized spacial score (nSPS) is 14.7. The second-order valence-corrected chi connectivity index (χ2v) is 8.27. The molecule has 0 aliphatic carbocycles. The predicted molar refractivity (Wildman–Crippen MR) is 119 cm³/mol. The molecule has 7 heteroatoms. The van der Waals surface area contributed by atoms with Gasteiger partial charge in [0.1, 0.15) is 17.7 Å². The number of aromatic nitrogens is 2. The van der Waals surface area contributed by atoms with Crippen LogP contribution in [0.5, 0.6) is 5.75 Å². The SMILES string of the molecule is CC(=O)c1ccc(F)c(-c2cc(C)cc3c2O[C@H](CNC(=O)CCn2ccc(C)n2)C3)c1. The van der Waals surface area contributed by atoms with Crippen molar-refractivity contribution in [2.45, 2.75) is 46.3 Å². The number of ketones is 1. The van der Waals surface area contributed by atoms with Gasteiger partial charge in [-0.25, -0.2) is 4.39 Å². The van der Waals surface area contributed by atoms with Crippen molar-refractivity contribution in [2.75, 3.05) is 6.54 Å². The molecule has 0 saturated heterocycles. The van der Waals surface area contributed by atoms with Gasteiger partial charge in [-0.15, -0.1) is 0 Å². The van der Waals surface area contributed by atoms with Gasteiger partial charge < -0.3 is 10.1 Å². The molecular weight excluding hydrogens is 409 g/mol. The molecule has 2 aromatic carbocycles. The summed E-state index contributed by atoms with van der Waals surface area (Å²) in [4.78, 5) is 24.0. The number of nitrogens with one attached hydrogen (secondary N) is 1. The Morgan fingerprint density at radius 3 is 2.72 bits per heavy atom. The van der Waals surface area contributed by atoms with Crippen molar-refractivity contribution in [3.05, 3.63) is 70.8 Å². The van der Waals surface area contributed by atoms with E-state index in [9.17, 15) is 14.0 Å². The number of nitrogens with zero attached hydrogens (tertiary/aromatic N) is 2. The van der Waals surface area contributed by atoms with Crippen LogP contribution in [0, 0.1) is 19.7 Å². The van der Waals surface area contributed by atoms with Crippen LogP contribution in [-0.4, -0.2) is 34.1 Å². The standard InChI is InChI=1S/C25H26FN3O3/c1-15-10-19-12-20(14-27-24(31)7-9-29-8-6-16(2)28-29)32-25(19)22(11-15)21-13-18(17(3)30)4-5-23(21)26/h4-6,8,10-11,13,20H,7,9,12,14H2,1-3H3,(H,27,31)/t20-/m0/s1. The second kappa shape index (κ2) is 8.94. The largest absolute Gasteiger partial charge is 0.487 e. The molecule has 1 aromatic heterocycles. The number of rotatable bonds is 7. The van der Waals surface area contributed by atoms with Gasteiger partial charge in [0, 0.05) is 42.3 Å². The van der Waals surface area contributed by atoms with E-state index in [1.54, 1.807) is 10.7 Å².